The fraction of sp³-hybridized carbons (Fsp3) is 0.733. The summed E-state index contributed by atoms with van der Waals surface area (Å²) in [6, 6.07) is 0. The normalized spacial score (nSPS) is 12.2. The third-order valence-electron chi connectivity index (χ3n) is 3.53. The Morgan fingerprint density at radius 2 is 1.90 bits per heavy atom. The van der Waals surface area contributed by atoms with Crippen molar-refractivity contribution < 1.29 is 4.74 Å². The van der Waals surface area contributed by atoms with Crippen molar-refractivity contribution in [2.45, 2.75) is 59.5 Å². The summed E-state index contributed by atoms with van der Waals surface area (Å²) in [4.78, 5) is 19.8. The molecule has 1 aromatic rings. The lowest BCUT2D eigenvalue weighted by molar-refractivity contribution is -0.0575. The van der Waals surface area contributed by atoms with Gasteiger partial charge in [0.25, 0.3) is 5.56 Å². The van der Waals surface area contributed by atoms with Crippen molar-refractivity contribution in [2.75, 3.05) is 6.61 Å². The van der Waals surface area contributed by atoms with Gasteiger partial charge in [-0.25, -0.2) is 4.98 Å². The predicted molar refractivity (Wildman–Crippen MR) is 90.0 cm³/mol. The van der Waals surface area contributed by atoms with Crippen molar-refractivity contribution >= 4 is 22.6 Å². The van der Waals surface area contributed by atoms with Gasteiger partial charge in [0.2, 0.25) is 0 Å². The van der Waals surface area contributed by atoms with Gasteiger partial charge < -0.3 is 9.72 Å². The molecule has 0 amide bonds. The average Bonchev–Trinajstić information content (AvgIpc) is 2.40. The Hall–Kier alpha value is -0.430. The van der Waals surface area contributed by atoms with Crippen LogP contribution in [-0.4, -0.2) is 16.6 Å². The zero-order valence-corrected chi connectivity index (χ0v) is 15.2. The fourth-order valence-corrected chi connectivity index (χ4v) is 2.85. The molecule has 0 aliphatic heterocycles. The molecule has 1 aromatic heterocycles. The summed E-state index contributed by atoms with van der Waals surface area (Å²) >= 11 is 2.08. The van der Waals surface area contributed by atoms with E-state index in [2.05, 4.69) is 55.3 Å². The molecule has 0 fully saturated rings. The van der Waals surface area contributed by atoms with Crippen LogP contribution >= 0.6 is 22.6 Å². The summed E-state index contributed by atoms with van der Waals surface area (Å²) < 4.78 is 6.63. The van der Waals surface area contributed by atoms with E-state index in [1.807, 2.05) is 6.92 Å². The van der Waals surface area contributed by atoms with Crippen LogP contribution in [0.3, 0.4) is 0 Å². The van der Waals surface area contributed by atoms with Crippen LogP contribution in [0.1, 0.15) is 59.0 Å². The van der Waals surface area contributed by atoms with Crippen LogP contribution in [-0.2, 0) is 16.8 Å². The van der Waals surface area contributed by atoms with E-state index in [0.29, 0.717) is 21.9 Å². The summed E-state index contributed by atoms with van der Waals surface area (Å²) in [7, 11) is 0. The second kappa shape index (κ2) is 7.54. The van der Waals surface area contributed by atoms with E-state index in [0.717, 1.165) is 25.0 Å². The lowest BCUT2D eigenvalue weighted by Gasteiger charge is -2.30. The van der Waals surface area contributed by atoms with Crippen molar-refractivity contribution in [3.05, 3.63) is 25.4 Å². The molecule has 0 atom stereocenters. The van der Waals surface area contributed by atoms with Crippen LogP contribution in [0.4, 0.5) is 0 Å². The van der Waals surface area contributed by atoms with E-state index in [9.17, 15) is 4.79 Å². The second-order valence-corrected chi connectivity index (χ2v) is 6.49. The van der Waals surface area contributed by atoms with Crippen molar-refractivity contribution in [2.24, 2.45) is 5.92 Å². The first-order chi connectivity index (χ1) is 9.40. The standard InChI is InChI=1S/C15H25IN2O2/c1-6-15(7-2,20-8-3)14-17-11(9-10(4)5)12(16)13(19)18-14/h10H,6-9H2,1-5H3,(H,17,18,19). The Morgan fingerprint density at radius 3 is 2.35 bits per heavy atom. The van der Waals surface area contributed by atoms with Crippen molar-refractivity contribution in [3.8, 4) is 0 Å². The summed E-state index contributed by atoms with van der Waals surface area (Å²) in [5.74, 6) is 1.14. The van der Waals surface area contributed by atoms with Crippen molar-refractivity contribution in [1.29, 1.82) is 0 Å². The van der Waals surface area contributed by atoms with Crippen molar-refractivity contribution in [1.82, 2.24) is 9.97 Å². The smallest absolute Gasteiger partial charge is 0.264 e. The highest BCUT2D eigenvalue weighted by Crippen LogP contribution is 2.30. The maximum atomic E-state index is 12.2. The topological polar surface area (TPSA) is 55.0 Å². The molecule has 1 rings (SSSR count). The zero-order chi connectivity index (χ0) is 15.3. The number of ether oxygens (including phenoxy) is 1. The molecule has 0 radical (unpaired) electrons. The van der Waals surface area contributed by atoms with E-state index in [-0.39, 0.29) is 5.56 Å². The number of nitrogens with one attached hydrogen (secondary N) is 1. The highest BCUT2D eigenvalue weighted by Gasteiger charge is 2.32. The Labute approximate surface area is 134 Å². The minimum Gasteiger partial charge on any atom is -0.367 e. The number of halogens is 1. The van der Waals surface area contributed by atoms with Crippen LogP contribution < -0.4 is 5.56 Å². The Bertz CT molecular complexity index is 493. The van der Waals surface area contributed by atoms with E-state index >= 15 is 0 Å². The summed E-state index contributed by atoms with van der Waals surface area (Å²) in [6.07, 6.45) is 2.40. The predicted octanol–water partition coefficient (Wildman–Crippen LogP) is 3.62. The van der Waals surface area contributed by atoms with Crippen LogP contribution in [0.2, 0.25) is 0 Å². The van der Waals surface area contributed by atoms with Gasteiger partial charge in [-0.1, -0.05) is 27.7 Å². The molecule has 0 unspecified atom stereocenters. The number of H-pyrrole nitrogens is 1. The number of hydrogen-bond donors (Lipinski definition) is 1. The maximum Gasteiger partial charge on any atom is 0.264 e. The summed E-state index contributed by atoms with van der Waals surface area (Å²) in [5.41, 5.74) is 0.340. The molecule has 0 spiro atoms. The second-order valence-electron chi connectivity index (χ2n) is 5.41. The molecule has 0 bridgehead atoms. The largest absolute Gasteiger partial charge is 0.367 e. The first-order valence-corrected chi connectivity index (χ1v) is 8.41. The molecule has 0 aliphatic rings. The zero-order valence-electron chi connectivity index (χ0n) is 13.0. The Morgan fingerprint density at radius 1 is 1.30 bits per heavy atom. The number of nitrogens with zero attached hydrogens (tertiary/aromatic N) is 1. The number of hydrogen-bond acceptors (Lipinski definition) is 3. The van der Waals surface area contributed by atoms with Crippen LogP contribution in [0.25, 0.3) is 0 Å². The molecule has 0 saturated heterocycles. The van der Waals surface area contributed by atoms with Crippen LogP contribution in [0.15, 0.2) is 4.79 Å². The molecule has 114 valence electrons. The van der Waals surface area contributed by atoms with Gasteiger partial charge in [0.05, 0.1) is 9.26 Å². The van der Waals surface area contributed by atoms with Gasteiger partial charge in [0.1, 0.15) is 11.4 Å². The fourth-order valence-electron chi connectivity index (χ4n) is 2.38. The molecule has 1 heterocycles. The molecule has 5 heteroatoms. The molecule has 4 nitrogen and oxygen atoms in total. The number of aromatic amines is 1. The maximum absolute atomic E-state index is 12.2. The van der Waals surface area contributed by atoms with Crippen LogP contribution in [0.5, 0.6) is 0 Å². The van der Waals surface area contributed by atoms with Gasteiger partial charge in [-0.05, 0) is 54.7 Å². The molecule has 0 saturated carbocycles. The summed E-state index contributed by atoms with van der Waals surface area (Å²) in [6.45, 7) is 11.0. The first kappa shape index (κ1) is 17.6. The summed E-state index contributed by atoms with van der Waals surface area (Å²) in [5, 5.41) is 0. The molecule has 0 aromatic carbocycles. The highest BCUT2D eigenvalue weighted by atomic mass is 127. The van der Waals surface area contributed by atoms with E-state index < -0.39 is 5.60 Å². The molecular formula is C15H25IN2O2. The molecular weight excluding hydrogens is 367 g/mol. The molecule has 1 N–H and O–H groups in total. The Balaban J connectivity index is 3.36. The van der Waals surface area contributed by atoms with E-state index in [4.69, 9.17) is 9.72 Å². The number of rotatable bonds is 7. The average molecular weight is 392 g/mol. The van der Waals surface area contributed by atoms with E-state index in [1.54, 1.807) is 0 Å². The third kappa shape index (κ3) is 3.81. The van der Waals surface area contributed by atoms with E-state index in [1.165, 1.54) is 0 Å². The van der Waals surface area contributed by atoms with Crippen molar-refractivity contribution in [3.63, 3.8) is 0 Å². The van der Waals surface area contributed by atoms with Gasteiger partial charge in [0, 0.05) is 6.61 Å². The monoisotopic (exact) mass is 392 g/mol. The molecule has 20 heavy (non-hydrogen) atoms. The Kier molecular flexibility index (Phi) is 6.64. The lowest BCUT2D eigenvalue weighted by atomic mass is 9.95. The van der Waals surface area contributed by atoms with Gasteiger partial charge in [0.15, 0.2) is 0 Å². The quantitative estimate of drug-likeness (QED) is 0.722. The van der Waals surface area contributed by atoms with Gasteiger partial charge in [-0.2, -0.15) is 0 Å². The van der Waals surface area contributed by atoms with Crippen LogP contribution in [0, 0.1) is 9.49 Å². The lowest BCUT2D eigenvalue weighted by Crippen LogP contribution is -2.34. The van der Waals surface area contributed by atoms with Gasteiger partial charge in [-0.3, -0.25) is 4.79 Å². The third-order valence-corrected chi connectivity index (χ3v) is 4.64. The highest BCUT2D eigenvalue weighted by molar-refractivity contribution is 14.1. The SMILES string of the molecule is CCOC(CC)(CC)c1nc(CC(C)C)c(I)c(=O)[nH]1. The first-order valence-electron chi connectivity index (χ1n) is 7.33. The van der Waals surface area contributed by atoms with Gasteiger partial charge in [-0.15, -0.1) is 0 Å². The molecule has 0 aliphatic carbocycles. The van der Waals surface area contributed by atoms with Gasteiger partial charge >= 0.3 is 0 Å². The minimum absolute atomic E-state index is 0.0581. The number of aromatic nitrogens is 2. The minimum atomic E-state index is -0.482.